The van der Waals surface area contributed by atoms with Crippen LogP contribution in [0.25, 0.3) is 5.57 Å². The lowest BCUT2D eigenvalue weighted by Gasteiger charge is -2.19. The number of allylic oxidation sites excluding steroid dienone is 2. The van der Waals surface area contributed by atoms with E-state index in [-0.39, 0.29) is 0 Å². The Hall–Kier alpha value is -1.37. The number of hydrogen-bond donors (Lipinski definition) is 0. The highest BCUT2D eigenvalue weighted by atomic mass is 16.1. The molecule has 0 spiro atoms. The van der Waals surface area contributed by atoms with E-state index in [1.165, 1.54) is 16.7 Å². The summed E-state index contributed by atoms with van der Waals surface area (Å²) < 4.78 is 0. The lowest BCUT2D eigenvalue weighted by Crippen LogP contribution is -2.03. The third kappa shape index (κ3) is 1.50. The summed E-state index contributed by atoms with van der Waals surface area (Å²) in [5.41, 5.74) is 4.79. The Morgan fingerprint density at radius 3 is 2.86 bits per heavy atom. The van der Waals surface area contributed by atoms with Crippen LogP contribution in [0.1, 0.15) is 30.9 Å². The average molecular weight is 186 g/mol. The minimum absolute atomic E-state index is 0.886. The van der Waals surface area contributed by atoms with Gasteiger partial charge in [0.15, 0.2) is 0 Å². The number of benzene rings is 1. The predicted octanol–water partition coefficient (Wildman–Crippen LogP) is 3.00. The van der Waals surface area contributed by atoms with E-state index in [9.17, 15) is 4.79 Å². The smallest absolute Gasteiger partial charge is 0.146 e. The van der Waals surface area contributed by atoms with Crippen LogP contribution >= 0.6 is 0 Å². The van der Waals surface area contributed by atoms with Gasteiger partial charge in [-0.2, -0.15) is 0 Å². The highest BCUT2D eigenvalue weighted by Gasteiger charge is 2.14. The van der Waals surface area contributed by atoms with Gasteiger partial charge in [0.25, 0.3) is 0 Å². The van der Waals surface area contributed by atoms with E-state index in [1.54, 1.807) is 0 Å². The Kier molecular flexibility index (Phi) is 2.49. The fourth-order valence-electron chi connectivity index (χ4n) is 2.10. The topological polar surface area (TPSA) is 17.1 Å². The molecule has 0 aliphatic heterocycles. The zero-order valence-electron chi connectivity index (χ0n) is 8.42. The summed E-state index contributed by atoms with van der Waals surface area (Å²) >= 11 is 0. The van der Waals surface area contributed by atoms with Crippen LogP contribution < -0.4 is 0 Å². The number of carbonyl (C=O) groups excluding carboxylic acids is 1. The fraction of sp³-hybridized carbons (Fsp3) is 0.308. The molecular formula is C13H14O. The highest BCUT2D eigenvalue weighted by Crippen LogP contribution is 2.32. The van der Waals surface area contributed by atoms with Crippen molar-refractivity contribution in [1.29, 1.82) is 0 Å². The first-order chi connectivity index (χ1) is 6.83. The molecule has 0 bridgehead atoms. The van der Waals surface area contributed by atoms with Crippen LogP contribution in [0.3, 0.4) is 0 Å². The fourth-order valence-corrected chi connectivity index (χ4v) is 2.10. The van der Waals surface area contributed by atoms with Crippen LogP contribution in [-0.4, -0.2) is 6.29 Å². The van der Waals surface area contributed by atoms with Crippen molar-refractivity contribution in [3.63, 3.8) is 0 Å². The van der Waals surface area contributed by atoms with Gasteiger partial charge >= 0.3 is 0 Å². The first-order valence-electron chi connectivity index (χ1n) is 5.06. The van der Waals surface area contributed by atoms with Gasteiger partial charge in [-0.3, -0.25) is 4.79 Å². The van der Waals surface area contributed by atoms with E-state index in [4.69, 9.17) is 0 Å². The van der Waals surface area contributed by atoms with Crippen LogP contribution in [0.5, 0.6) is 0 Å². The van der Waals surface area contributed by atoms with Crippen molar-refractivity contribution in [1.82, 2.24) is 0 Å². The van der Waals surface area contributed by atoms with Crippen LogP contribution in [0, 0.1) is 0 Å². The Morgan fingerprint density at radius 2 is 2.07 bits per heavy atom. The molecule has 1 aromatic carbocycles. The van der Waals surface area contributed by atoms with Gasteiger partial charge in [-0.05, 0) is 48.5 Å². The second kappa shape index (κ2) is 3.79. The predicted molar refractivity (Wildman–Crippen MR) is 58.0 cm³/mol. The molecule has 0 aromatic heterocycles. The lowest BCUT2D eigenvalue weighted by molar-refractivity contribution is -0.104. The third-order valence-corrected chi connectivity index (χ3v) is 2.87. The van der Waals surface area contributed by atoms with Crippen molar-refractivity contribution < 1.29 is 4.79 Å². The molecule has 0 amide bonds. The number of carbonyl (C=O) groups is 1. The quantitative estimate of drug-likeness (QED) is 0.486. The molecule has 0 N–H and O–H groups in total. The maximum absolute atomic E-state index is 10.8. The lowest BCUT2D eigenvalue weighted by atomic mass is 9.85. The van der Waals surface area contributed by atoms with Gasteiger partial charge in [-0.15, -0.1) is 0 Å². The standard InChI is InChI=1S/C13H14O/c1-10(9-14)12-8-4-6-11-5-2-3-7-13(11)12/h2-3,5,7,9H,4,6,8H2,1H3/b12-10-. The molecule has 1 aliphatic rings. The first-order valence-corrected chi connectivity index (χ1v) is 5.06. The summed E-state index contributed by atoms with van der Waals surface area (Å²) in [4.78, 5) is 10.8. The molecule has 0 unspecified atom stereocenters. The monoisotopic (exact) mass is 186 g/mol. The largest absolute Gasteiger partial charge is 0.298 e. The van der Waals surface area contributed by atoms with E-state index in [1.807, 2.05) is 13.0 Å². The van der Waals surface area contributed by atoms with Gasteiger partial charge in [-0.1, -0.05) is 24.3 Å². The van der Waals surface area contributed by atoms with E-state index in [0.717, 1.165) is 31.1 Å². The summed E-state index contributed by atoms with van der Waals surface area (Å²) in [6.07, 6.45) is 4.32. The molecule has 1 aromatic rings. The van der Waals surface area contributed by atoms with E-state index in [0.29, 0.717) is 0 Å². The summed E-state index contributed by atoms with van der Waals surface area (Å²) in [7, 11) is 0. The highest BCUT2D eigenvalue weighted by molar-refractivity contribution is 5.88. The minimum atomic E-state index is 0.886. The van der Waals surface area contributed by atoms with Crippen molar-refractivity contribution >= 4 is 11.9 Å². The number of aldehydes is 1. The van der Waals surface area contributed by atoms with E-state index in [2.05, 4.69) is 18.2 Å². The van der Waals surface area contributed by atoms with Gasteiger partial charge in [0.05, 0.1) is 0 Å². The number of hydrogen-bond acceptors (Lipinski definition) is 1. The molecule has 0 atom stereocenters. The second-order valence-electron chi connectivity index (χ2n) is 3.79. The van der Waals surface area contributed by atoms with Gasteiger partial charge < -0.3 is 0 Å². The molecule has 2 rings (SSSR count). The number of rotatable bonds is 1. The SMILES string of the molecule is C/C(C=O)=C1\CCCc2ccccc21. The van der Waals surface area contributed by atoms with E-state index < -0.39 is 0 Å². The van der Waals surface area contributed by atoms with Crippen LogP contribution in [0.2, 0.25) is 0 Å². The van der Waals surface area contributed by atoms with Crippen molar-refractivity contribution in [2.45, 2.75) is 26.2 Å². The zero-order chi connectivity index (χ0) is 9.97. The Balaban J connectivity index is 2.56. The average Bonchev–Trinajstić information content (AvgIpc) is 2.27. The van der Waals surface area contributed by atoms with Crippen molar-refractivity contribution in [2.75, 3.05) is 0 Å². The van der Waals surface area contributed by atoms with Crippen LogP contribution in [0.15, 0.2) is 29.8 Å². The van der Waals surface area contributed by atoms with Crippen molar-refractivity contribution in [3.8, 4) is 0 Å². The molecule has 0 saturated heterocycles. The number of aryl methyl sites for hydroxylation is 1. The first kappa shape index (κ1) is 9.20. The molecule has 14 heavy (non-hydrogen) atoms. The second-order valence-corrected chi connectivity index (χ2v) is 3.79. The van der Waals surface area contributed by atoms with Crippen LogP contribution in [-0.2, 0) is 11.2 Å². The number of fused-ring (bicyclic) bond motifs is 1. The molecule has 1 aliphatic carbocycles. The molecule has 1 nitrogen and oxygen atoms in total. The molecule has 0 saturated carbocycles. The van der Waals surface area contributed by atoms with Gasteiger partial charge in [0, 0.05) is 0 Å². The maximum Gasteiger partial charge on any atom is 0.146 e. The molecule has 0 radical (unpaired) electrons. The third-order valence-electron chi connectivity index (χ3n) is 2.87. The summed E-state index contributed by atoms with van der Waals surface area (Å²) in [5.74, 6) is 0. The molecule has 1 heteroatoms. The maximum atomic E-state index is 10.8. The zero-order valence-corrected chi connectivity index (χ0v) is 8.42. The summed E-state index contributed by atoms with van der Waals surface area (Å²) in [6, 6.07) is 8.39. The molecule has 72 valence electrons. The molecule has 0 heterocycles. The van der Waals surface area contributed by atoms with Crippen molar-refractivity contribution in [2.24, 2.45) is 0 Å². The van der Waals surface area contributed by atoms with Gasteiger partial charge in [0.1, 0.15) is 6.29 Å². The molecular weight excluding hydrogens is 172 g/mol. The summed E-state index contributed by atoms with van der Waals surface area (Å²) in [5, 5.41) is 0. The Labute approximate surface area is 84.5 Å². The van der Waals surface area contributed by atoms with Crippen molar-refractivity contribution in [3.05, 3.63) is 41.0 Å². The normalized spacial score (nSPS) is 18.6. The van der Waals surface area contributed by atoms with Gasteiger partial charge in [0.2, 0.25) is 0 Å². The molecule has 0 fully saturated rings. The van der Waals surface area contributed by atoms with Gasteiger partial charge in [-0.25, -0.2) is 0 Å². The Bertz CT molecular complexity index is 388. The Morgan fingerprint density at radius 1 is 1.29 bits per heavy atom. The minimum Gasteiger partial charge on any atom is -0.298 e. The van der Waals surface area contributed by atoms with Crippen LogP contribution in [0.4, 0.5) is 0 Å². The van der Waals surface area contributed by atoms with E-state index >= 15 is 0 Å². The summed E-state index contributed by atoms with van der Waals surface area (Å²) in [6.45, 7) is 1.91.